The summed E-state index contributed by atoms with van der Waals surface area (Å²) < 4.78 is 0. The van der Waals surface area contributed by atoms with Crippen LogP contribution in [0.3, 0.4) is 0 Å². The van der Waals surface area contributed by atoms with Crippen molar-refractivity contribution in [1.82, 2.24) is 4.90 Å². The van der Waals surface area contributed by atoms with Gasteiger partial charge in [0.2, 0.25) is 0 Å². The third-order valence-electron chi connectivity index (χ3n) is 4.66. The number of piperidine rings is 1. The second-order valence-corrected chi connectivity index (χ2v) is 5.92. The van der Waals surface area contributed by atoms with Gasteiger partial charge in [-0.15, -0.1) is 0 Å². The molecule has 0 aromatic carbocycles. The van der Waals surface area contributed by atoms with Gasteiger partial charge in [0.05, 0.1) is 6.10 Å². The van der Waals surface area contributed by atoms with Gasteiger partial charge in [0.25, 0.3) is 0 Å². The smallest absolute Gasteiger partial charge is 0.0692 e. The Hall–Kier alpha value is -0.0800. The van der Waals surface area contributed by atoms with Gasteiger partial charge in [0.1, 0.15) is 0 Å². The maximum Gasteiger partial charge on any atom is 0.0692 e. The van der Waals surface area contributed by atoms with Crippen LogP contribution in [0, 0.1) is 11.3 Å². The molecule has 2 heteroatoms. The van der Waals surface area contributed by atoms with Gasteiger partial charge in [-0.3, -0.25) is 0 Å². The molecule has 1 rings (SSSR count). The maximum absolute atomic E-state index is 10.0. The quantitative estimate of drug-likeness (QED) is 0.780. The molecule has 2 unspecified atom stereocenters. The van der Waals surface area contributed by atoms with E-state index < -0.39 is 0 Å². The van der Waals surface area contributed by atoms with E-state index in [4.69, 9.17) is 0 Å². The topological polar surface area (TPSA) is 23.5 Å². The first-order valence-electron chi connectivity index (χ1n) is 6.91. The third-order valence-corrected chi connectivity index (χ3v) is 4.66. The molecule has 0 spiro atoms. The summed E-state index contributed by atoms with van der Waals surface area (Å²) >= 11 is 0. The van der Waals surface area contributed by atoms with Crippen LogP contribution in [0.1, 0.15) is 53.4 Å². The summed E-state index contributed by atoms with van der Waals surface area (Å²) in [7, 11) is 0. The molecule has 0 radical (unpaired) electrons. The number of hydrogen-bond donors (Lipinski definition) is 1. The summed E-state index contributed by atoms with van der Waals surface area (Å²) in [6.07, 6.45) is 4.79. The number of rotatable bonds is 5. The second-order valence-electron chi connectivity index (χ2n) is 5.92. The highest BCUT2D eigenvalue weighted by Crippen LogP contribution is 2.33. The number of likely N-dealkylation sites (tertiary alicyclic amines) is 1. The number of aliphatic hydroxyl groups is 1. The van der Waals surface area contributed by atoms with Gasteiger partial charge < -0.3 is 10.0 Å². The lowest BCUT2D eigenvalue weighted by Crippen LogP contribution is -2.43. The average Bonchev–Trinajstić information content (AvgIpc) is 2.31. The van der Waals surface area contributed by atoms with Crippen LogP contribution < -0.4 is 0 Å². The van der Waals surface area contributed by atoms with E-state index in [1.165, 1.54) is 19.3 Å². The standard InChI is InChI=1S/C14H29NO/c1-5-12(3)13(16)11-15-9-7-14(4,6-2)8-10-15/h12-13,16H,5-11H2,1-4H3. The van der Waals surface area contributed by atoms with Crippen molar-refractivity contribution >= 4 is 0 Å². The molecule has 0 aromatic heterocycles. The van der Waals surface area contributed by atoms with E-state index >= 15 is 0 Å². The van der Waals surface area contributed by atoms with Crippen molar-refractivity contribution in [3.63, 3.8) is 0 Å². The Bertz CT molecular complexity index is 197. The molecule has 1 saturated heterocycles. The molecule has 0 amide bonds. The van der Waals surface area contributed by atoms with Crippen LogP contribution in [0.15, 0.2) is 0 Å². The zero-order valence-corrected chi connectivity index (χ0v) is 11.5. The van der Waals surface area contributed by atoms with Crippen LogP contribution >= 0.6 is 0 Å². The van der Waals surface area contributed by atoms with Crippen LogP contribution in [-0.2, 0) is 0 Å². The lowest BCUT2D eigenvalue weighted by Gasteiger charge is -2.40. The van der Waals surface area contributed by atoms with Crippen LogP contribution in [0.2, 0.25) is 0 Å². The number of β-amino-alcohol motifs (C(OH)–C–C–N with tert-alkyl or cyclic N) is 1. The van der Waals surface area contributed by atoms with Gasteiger partial charge >= 0.3 is 0 Å². The highest BCUT2D eigenvalue weighted by atomic mass is 16.3. The molecular weight excluding hydrogens is 198 g/mol. The van der Waals surface area contributed by atoms with Crippen molar-refractivity contribution in [3.8, 4) is 0 Å². The largest absolute Gasteiger partial charge is 0.392 e. The van der Waals surface area contributed by atoms with Gasteiger partial charge in [-0.2, -0.15) is 0 Å². The van der Waals surface area contributed by atoms with Crippen molar-refractivity contribution in [1.29, 1.82) is 0 Å². The predicted molar refractivity (Wildman–Crippen MR) is 69.5 cm³/mol. The number of nitrogens with zero attached hydrogens (tertiary/aromatic N) is 1. The SMILES string of the molecule is CCC(C)C(O)CN1CCC(C)(CC)CC1. The lowest BCUT2D eigenvalue weighted by molar-refractivity contribution is 0.0377. The van der Waals surface area contributed by atoms with E-state index in [1.54, 1.807) is 0 Å². The molecule has 16 heavy (non-hydrogen) atoms. The second kappa shape index (κ2) is 6.02. The Morgan fingerprint density at radius 3 is 2.25 bits per heavy atom. The van der Waals surface area contributed by atoms with Gasteiger partial charge in [0.15, 0.2) is 0 Å². The lowest BCUT2D eigenvalue weighted by atomic mass is 9.78. The molecule has 2 nitrogen and oxygen atoms in total. The minimum absolute atomic E-state index is 0.143. The van der Waals surface area contributed by atoms with Gasteiger partial charge in [-0.1, -0.05) is 40.5 Å². The molecular formula is C14H29NO. The summed E-state index contributed by atoms with van der Waals surface area (Å²) in [5.41, 5.74) is 0.553. The van der Waals surface area contributed by atoms with Crippen molar-refractivity contribution in [2.75, 3.05) is 19.6 Å². The van der Waals surface area contributed by atoms with E-state index in [-0.39, 0.29) is 6.10 Å². The summed E-state index contributed by atoms with van der Waals surface area (Å²) in [6, 6.07) is 0. The van der Waals surface area contributed by atoms with E-state index in [0.717, 1.165) is 26.1 Å². The predicted octanol–water partition coefficient (Wildman–Crippen LogP) is 2.91. The Morgan fingerprint density at radius 2 is 1.81 bits per heavy atom. The Kier molecular flexibility index (Phi) is 5.26. The van der Waals surface area contributed by atoms with Crippen LogP contribution in [0.4, 0.5) is 0 Å². The minimum atomic E-state index is -0.143. The highest BCUT2D eigenvalue weighted by molar-refractivity contribution is 4.82. The van der Waals surface area contributed by atoms with Crippen LogP contribution in [-0.4, -0.2) is 35.7 Å². The van der Waals surface area contributed by atoms with Gasteiger partial charge in [0, 0.05) is 6.54 Å². The normalized spacial score (nSPS) is 25.3. The monoisotopic (exact) mass is 227 g/mol. The Balaban J connectivity index is 2.32. The summed E-state index contributed by atoms with van der Waals surface area (Å²) in [5.74, 6) is 0.430. The van der Waals surface area contributed by atoms with Crippen LogP contribution in [0.25, 0.3) is 0 Å². The van der Waals surface area contributed by atoms with Crippen molar-refractivity contribution < 1.29 is 5.11 Å². The maximum atomic E-state index is 10.0. The number of aliphatic hydroxyl groups excluding tert-OH is 1. The molecule has 0 aliphatic carbocycles. The Morgan fingerprint density at radius 1 is 1.25 bits per heavy atom. The third kappa shape index (κ3) is 3.74. The first-order valence-corrected chi connectivity index (χ1v) is 6.91. The van der Waals surface area contributed by atoms with E-state index in [9.17, 15) is 5.11 Å². The minimum Gasteiger partial charge on any atom is -0.392 e. The first kappa shape index (κ1) is 14.0. The van der Waals surface area contributed by atoms with Gasteiger partial charge in [-0.05, 0) is 37.3 Å². The Labute approximate surface area is 101 Å². The average molecular weight is 227 g/mol. The summed E-state index contributed by atoms with van der Waals surface area (Å²) in [4.78, 5) is 2.44. The van der Waals surface area contributed by atoms with E-state index in [1.807, 2.05) is 0 Å². The summed E-state index contributed by atoms with van der Waals surface area (Å²) in [6.45, 7) is 12.2. The molecule has 0 saturated carbocycles. The fourth-order valence-electron chi connectivity index (χ4n) is 2.35. The molecule has 1 aliphatic rings. The molecule has 0 aromatic rings. The molecule has 1 heterocycles. The fraction of sp³-hybridized carbons (Fsp3) is 1.00. The molecule has 1 N–H and O–H groups in total. The summed E-state index contributed by atoms with van der Waals surface area (Å²) in [5, 5.41) is 10.0. The van der Waals surface area contributed by atoms with E-state index in [0.29, 0.717) is 11.3 Å². The zero-order chi connectivity index (χ0) is 12.2. The fourth-order valence-corrected chi connectivity index (χ4v) is 2.35. The molecule has 1 fully saturated rings. The van der Waals surface area contributed by atoms with Crippen molar-refractivity contribution in [2.45, 2.75) is 59.5 Å². The molecule has 96 valence electrons. The van der Waals surface area contributed by atoms with Gasteiger partial charge in [-0.25, -0.2) is 0 Å². The molecule has 1 aliphatic heterocycles. The van der Waals surface area contributed by atoms with E-state index in [2.05, 4.69) is 32.6 Å². The zero-order valence-electron chi connectivity index (χ0n) is 11.5. The number of hydrogen-bond acceptors (Lipinski definition) is 2. The molecule has 2 atom stereocenters. The van der Waals surface area contributed by atoms with Crippen LogP contribution in [0.5, 0.6) is 0 Å². The highest BCUT2D eigenvalue weighted by Gasteiger charge is 2.29. The van der Waals surface area contributed by atoms with Crippen molar-refractivity contribution in [3.05, 3.63) is 0 Å². The first-order chi connectivity index (χ1) is 7.50. The molecule has 0 bridgehead atoms. The van der Waals surface area contributed by atoms with Crippen molar-refractivity contribution in [2.24, 2.45) is 11.3 Å².